The predicted molar refractivity (Wildman–Crippen MR) is 208 cm³/mol. The smallest absolute Gasteiger partial charge is 0.306 e. The van der Waals surface area contributed by atoms with Gasteiger partial charge in [0.1, 0.15) is 19.3 Å². The maximum atomic E-state index is 12.6. The molecule has 300 valence electrons. The second-order valence-corrected chi connectivity index (χ2v) is 17.1. The van der Waals surface area contributed by atoms with E-state index in [1.54, 1.807) is 0 Å². The van der Waals surface area contributed by atoms with Crippen molar-refractivity contribution in [3.05, 3.63) is 0 Å². The molecule has 0 aromatic rings. The van der Waals surface area contributed by atoms with Crippen LogP contribution >= 0.6 is 7.82 Å². The first-order valence-electron chi connectivity index (χ1n) is 21.3. The number of likely N-dealkylation sites (N-methyl/N-ethyl adjacent to an activating group) is 1. The Morgan fingerprint density at radius 1 is 0.540 bits per heavy atom. The Morgan fingerprint density at radius 2 is 0.920 bits per heavy atom. The minimum atomic E-state index is -4.51. The highest BCUT2D eigenvalue weighted by molar-refractivity contribution is 7.45. The molecular weight excluding hydrogens is 649 g/mol. The number of hydrogen-bond donors (Lipinski definition) is 0. The molecule has 0 spiro atoms. The van der Waals surface area contributed by atoms with Gasteiger partial charge in [-0.05, 0) is 12.8 Å². The van der Waals surface area contributed by atoms with Crippen LogP contribution in [0.4, 0.5) is 0 Å². The van der Waals surface area contributed by atoms with Crippen LogP contribution in [-0.2, 0) is 27.9 Å². The number of unbranched alkanes of at least 4 members (excludes halogenated alkanes) is 26. The van der Waals surface area contributed by atoms with Gasteiger partial charge in [0.25, 0.3) is 7.82 Å². The van der Waals surface area contributed by atoms with Gasteiger partial charge < -0.3 is 27.9 Å². The van der Waals surface area contributed by atoms with Crippen molar-refractivity contribution in [3.63, 3.8) is 0 Å². The molecule has 0 fully saturated rings. The molecule has 0 amide bonds. The summed E-state index contributed by atoms with van der Waals surface area (Å²) in [4.78, 5) is 24.9. The molecule has 0 saturated heterocycles. The number of ether oxygens (including phenoxy) is 2. The Labute approximate surface area is 310 Å². The average Bonchev–Trinajstić information content (AvgIpc) is 3.06. The Morgan fingerprint density at radius 3 is 1.32 bits per heavy atom. The lowest BCUT2D eigenvalue weighted by atomic mass is 10.0. The number of phosphoric acid groups is 1. The van der Waals surface area contributed by atoms with Crippen molar-refractivity contribution in [2.24, 2.45) is 0 Å². The molecule has 2 unspecified atom stereocenters. The molecule has 0 heterocycles. The molecule has 0 saturated carbocycles. The summed E-state index contributed by atoms with van der Waals surface area (Å²) in [7, 11) is 1.37. The third-order valence-electron chi connectivity index (χ3n) is 9.41. The molecule has 8 nitrogen and oxygen atoms in total. The summed E-state index contributed by atoms with van der Waals surface area (Å²) in [6.07, 6.45) is 35.6. The molecular formula is C41H84NO7P. The molecule has 0 aromatic carbocycles. The molecule has 2 atom stereocenters. The molecule has 9 heteroatoms. The standard InChI is InChI=1S/C41H84NO7P/c1-6-8-10-12-14-15-16-17-18-19-20-21-22-23-24-25-26-27-28-30-32-34-41(43)49-40(38-46-36-33-31-29-13-11-9-7-2)39-48-50(44,45)47-37-35-42(3,4)5/h40H,6-39H2,1-5H3. The second kappa shape index (κ2) is 35.5. The van der Waals surface area contributed by atoms with Crippen molar-refractivity contribution in [1.82, 2.24) is 0 Å². The number of phosphoric ester groups is 1. The fourth-order valence-electron chi connectivity index (χ4n) is 6.08. The summed E-state index contributed by atoms with van der Waals surface area (Å²) >= 11 is 0. The fourth-order valence-corrected chi connectivity index (χ4v) is 6.81. The molecule has 0 N–H and O–H groups in total. The molecule has 0 rings (SSSR count). The number of carbonyl (C=O) groups is 1. The van der Waals surface area contributed by atoms with Gasteiger partial charge in [-0.3, -0.25) is 9.36 Å². The Balaban J connectivity index is 4.02. The first-order chi connectivity index (χ1) is 24.1. The summed E-state index contributed by atoms with van der Waals surface area (Å²) in [6.45, 7) is 5.42. The van der Waals surface area contributed by atoms with Crippen LogP contribution in [-0.4, -0.2) is 70.7 Å². The Hall–Kier alpha value is -0.500. The number of quaternary nitrogens is 1. The van der Waals surface area contributed by atoms with Gasteiger partial charge >= 0.3 is 5.97 Å². The van der Waals surface area contributed by atoms with Crippen molar-refractivity contribution in [3.8, 4) is 0 Å². The zero-order chi connectivity index (χ0) is 37.0. The minimum absolute atomic E-state index is 0.0307. The highest BCUT2D eigenvalue weighted by atomic mass is 31.2. The SMILES string of the molecule is CCCCCCCCCCCCCCCCCCCCCCCC(=O)OC(COCCCCCCCCC)COP(=O)([O-])OCC[N+](C)(C)C. The van der Waals surface area contributed by atoms with E-state index in [4.69, 9.17) is 18.5 Å². The summed E-state index contributed by atoms with van der Waals surface area (Å²) in [5.41, 5.74) is 0. The first-order valence-corrected chi connectivity index (χ1v) is 22.7. The number of hydrogen-bond acceptors (Lipinski definition) is 7. The highest BCUT2D eigenvalue weighted by Gasteiger charge is 2.20. The van der Waals surface area contributed by atoms with Gasteiger partial charge in [0.15, 0.2) is 0 Å². The van der Waals surface area contributed by atoms with Gasteiger partial charge in [-0.1, -0.05) is 181 Å². The van der Waals surface area contributed by atoms with E-state index < -0.39 is 13.9 Å². The number of nitrogens with zero attached hydrogens (tertiary/aromatic N) is 1. The van der Waals surface area contributed by atoms with E-state index in [1.165, 1.54) is 148 Å². The largest absolute Gasteiger partial charge is 0.756 e. The molecule has 0 aromatic heterocycles. The van der Waals surface area contributed by atoms with Crippen LogP contribution in [0.15, 0.2) is 0 Å². The normalized spacial score (nSPS) is 13.8. The molecule has 0 aliphatic rings. The first kappa shape index (κ1) is 49.5. The van der Waals surface area contributed by atoms with E-state index in [0.29, 0.717) is 24.1 Å². The quantitative estimate of drug-likeness (QED) is 0.0268. The lowest BCUT2D eigenvalue weighted by molar-refractivity contribution is -0.870. The lowest BCUT2D eigenvalue weighted by Crippen LogP contribution is -2.37. The van der Waals surface area contributed by atoms with E-state index in [2.05, 4.69) is 13.8 Å². The van der Waals surface area contributed by atoms with E-state index in [9.17, 15) is 14.3 Å². The number of esters is 1. The third-order valence-corrected chi connectivity index (χ3v) is 10.4. The van der Waals surface area contributed by atoms with E-state index >= 15 is 0 Å². The number of rotatable bonds is 40. The fraction of sp³-hybridized carbons (Fsp3) is 0.976. The lowest BCUT2D eigenvalue weighted by Gasteiger charge is -2.28. The molecule has 0 aliphatic carbocycles. The van der Waals surface area contributed by atoms with Gasteiger partial charge in [0.2, 0.25) is 0 Å². The van der Waals surface area contributed by atoms with Gasteiger partial charge in [-0.15, -0.1) is 0 Å². The predicted octanol–water partition coefficient (Wildman–Crippen LogP) is 11.5. The van der Waals surface area contributed by atoms with Crippen molar-refractivity contribution in [2.75, 3.05) is 54.1 Å². The summed E-state index contributed by atoms with van der Waals surface area (Å²) in [5.74, 6) is -0.331. The summed E-state index contributed by atoms with van der Waals surface area (Å²) in [5, 5.41) is 0. The number of carbonyl (C=O) groups excluding carboxylic acids is 1. The monoisotopic (exact) mass is 734 g/mol. The van der Waals surface area contributed by atoms with Crippen molar-refractivity contribution in [1.29, 1.82) is 0 Å². The summed E-state index contributed by atoms with van der Waals surface area (Å²) < 4.78 is 34.4. The molecule has 0 radical (unpaired) electrons. The van der Waals surface area contributed by atoms with Crippen LogP contribution in [0.2, 0.25) is 0 Å². The van der Waals surface area contributed by atoms with Crippen LogP contribution in [0.25, 0.3) is 0 Å². The molecule has 0 bridgehead atoms. The maximum absolute atomic E-state index is 12.6. The Kier molecular flexibility index (Phi) is 35.2. The zero-order valence-electron chi connectivity index (χ0n) is 33.9. The van der Waals surface area contributed by atoms with Crippen LogP contribution in [0.5, 0.6) is 0 Å². The van der Waals surface area contributed by atoms with Gasteiger partial charge in [0.05, 0.1) is 34.4 Å². The topological polar surface area (TPSA) is 94.1 Å². The minimum Gasteiger partial charge on any atom is -0.756 e. The van der Waals surface area contributed by atoms with E-state index in [1.807, 2.05) is 21.1 Å². The van der Waals surface area contributed by atoms with Crippen molar-refractivity contribution < 1.29 is 37.3 Å². The summed E-state index contributed by atoms with van der Waals surface area (Å²) in [6, 6.07) is 0. The van der Waals surface area contributed by atoms with Crippen molar-refractivity contribution in [2.45, 2.75) is 206 Å². The van der Waals surface area contributed by atoms with Gasteiger partial charge in [0, 0.05) is 13.0 Å². The van der Waals surface area contributed by atoms with Gasteiger partial charge in [-0.2, -0.15) is 0 Å². The zero-order valence-corrected chi connectivity index (χ0v) is 34.8. The van der Waals surface area contributed by atoms with Gasteiger partial charge in [-0.25, -0.2) is 0 Å². The highest BCUT2D eigenvalue weighted by Crippen LogP contribution is 2.38. The van der Waals surface area contributed by atoms with E-state index in [-0.39, 0.29) is 25.8 Å². The maximum Gasteiger partial charge on any atom is 0.306 e. The third kappa shape index (κ3) is 38.7. The average molecular weight is 734 g/mol. The van der Waals surface area contributed by atoms with Crippen LogP contribution in [0.3, 0.4) is 0 Å². The van der Waals surface area contributed by atoms with Crippen LogP contribution < -0.4 is 4.89 Å². The van der Waals surface area contributed by atoms with E-state index in [0.717, 1.165) is 32.1 Å². The van der Waals surface area contributed by atoms with Crippen LogP contribution in [0.1, 0.15) is 200 Å². The van der Waals surface area contributed by atoms with Crippen molar-refractivity contribution >= 4 is 13.8 Å². The Bertz CT molecular complexity index is 777. The molecule has 50 heavy (non-hydrogen) atoms. The van der Waals surface area contributed by atoms with Crippen LogP contribution in [0, 0.1) is 0 Å². The second-order valence-electron chi connectivity index (χ2n) is 15.7. The molecule has 0 aliphatic heterocycles.